The predicted octanol–water partition coefficient (Wildman–Crippen LogP) is 3.03. The molecule has 0 saturated heterocycles. The van der Waals surface area contributed by atoms with Gasteiger partial charge in [0.1, 0.15) is 0 Å². The summed E-state index contributed by atoms with van der Waals surface area (Å²) in [5.41, 5.74) is 1.88. The Labute approximate surface area is 116 Å². The number of nitrogens with zero attached hydrogens (tertiary/aromatic N) is 1. The Kier molecular flexibility index (Phi) is 4.52. The topological polar surface area (TPSA) is 51.2 Å². The zero-order valence-electron chi connectivity index (χ0n) is 10.9. The first-order valence-corrected chi connectivity index (χ1v) is 6.96. The summed E-state index contributed by atoms with van der Waals surface area (Å²) in [5.74, 6) is -0.320. The standard InChI is InChI=1S/C14H16N2O2S/c1-3-11-9-19-14(15-11)16-12(13(17)18-2)10-7-5-4-6-8-10/h4-9,12H,3H2,1-2H3,(H,15,16). The maximum absolute atomic E-state index is 11.9. The maximum Gasteiger partial charge on any atom is 0.333 e. The van der Waals surface area contributed by atoms with Gasteiger partial charge in [-0.15, -0.1) is 11.3 Å². The number of thiazole rings is 1. The fourth-order valence-corrected chi connectivity index (χ4v) is 2.52. The quantitative estimate of drug-likeness (QED) is 0.853. The van der Waals surface area contributed by atoms with Crippen molar-refractivity contribution in [2.75, 3.05) is 12.4 Å². The Hall–Kier alpha value is -1.88. The molecule has 1 atom stereocenters. The normalized spacial score (nSPS) is 11.9. The molecule has 0 aliphatic rings. The monoisotopic (exact) mass is 276 g/mol. The van der Waals surface area contributed by atoms with Gasteiger partial charge in [0.15, 0.2) is 11.2 Å². The van der Waals surface area contributed by atoms with Crippen LogP contribution in [0.1, 0.15) is 24.2 Å². The second kappa shape index (κ2) is 6.33. The third kappa shape index (κ3) is 3.32. The summed E-state index contributed by atoms with van der Waals surface area (Å²) in [6.07, 6.45) is 0.881. The molecular formula is C14H16N2O2S. The van der Waals surface area contributed by atoms with Crippen LogP contribution in [0.15, 0.2) is 35.7 Å². The minimum atomic E-state index is -0.526. The largest absolute Gasteiger partial charge is 0.467 e. The van der Waals surface area contributed by atoms with Crippen molar-refractivity contribution in [1.29, 1.82) is 0 Å². The molecule has 4 nitrogen and oxygen atoms in total. The molecule has 0 aliphatic heterocycles. The van der Waals surface area contributed by atoms with Crippen LogP contribution in [0, 0.1) is 0 Å². The number of esters is 1. The lowest BCUT2D eigenvalue weighted by Crippen LogP contribution is -2.22. The van der Waals surface area contributed by atoms with Gasteiger partial charge >= 0.3 is 5.97 Å². The number of rotatable bonds is 5. The van der Waals surface area contributed by atoms with E-state index in [1.165, 1.54) is 18.4 Å². The number of aryl methyl sites for hydroxylation is 1. The van der Waals surface area contributed by atoms with Crippen molar-refractivity contribution in [1.82, 2.24) is 4.98 Å². The molecule has 19 heavy (non-hydrogen) atoms. The number of hydrogen-bond acceptors (Lipinski definition) is 5. The molecule has 1 aromatic heterocycles. The fraction of sp³-hybridized carbons (Fsp3) is 0.286. The van der Waals surface area contributed by atoms with Crippen molar-refractivity contribution in [2.24, 2.45) is 0 Å². The number of nitrogens with one attached hydrogen (secondary N) is 1. The number of anilines is 1. The first-order chi connectivity index (χ1) is 9.24. The van der Waals surface area contributed by atoms with Gasteiger partial charge in [0, 0.05) is 5.38 Å². The summed E-state index contributed by atoms with van der Waals surface area (Å²) in [7, 11) is 1.39. The van der Waals surface area contributed by atoms with Crippen molar-refractivity contribution in [3.8, 4) is 0 Å². The van der Waals surface area contributed by atoms with Crippen LogP contribution < -0.4 is 5.32 Å². The van der Waals surface area contributed by atoms with Gasteiger partial charge in [0.25, 0.3) is 0 Å². The molecule has 100 valence electrons. The van der Waals surface area contributed by atoms with Crippen LogP contribution in [0.25, 0.3) is 0 Å². The first kappa shape index (κ1) is 13.5. The van der Waals surface area contributed by atoms with Gasteiger partial charge in [-0.05, 0) is 12.0 Å². The predicted molar refractivity (Wildman–Crippen MR) is 76.3 cm³/mol. The van der Waals surface area contributed by atoms with Crippen LogP contribution in [0.3, 0.4) is 0 Å². The number of hydrogen-bond donors (Lipinski definition) is 1. The van der Waals surface area contributed by atoms with Gasteiger partial charge < -0.3 is 10.1 Å². The van der Waals surface area contributed by atoms with Crippen LogP contribution >= 0.6 is 11.3 Å². The van der Waals surface area contributed by atoms with E-state index in [0.29, 0.717) is 0 Å². The summed E-state index contributed by atoms with van der Waals surface area (Å²) in [5, 5.41) is 5.85. The van der Waals surface area contributed by atoms with E-state index in [2.05, 4.69) is 10.3 Å². The van der Waals surface area contributed by atoms with Crippen LogP contribution in [0.4, 0.5) is 5.13 Å². The zero-order valence-corrected chi connectivity index (χ0v) is 11.7. The average molecular weight is 276 g/mol. The van der Waals surface area contributed by atoms with Gasteiger partial charge in [0.05, 0.1) is 12.8 Å². The fourth-order valence-electron chi connectivity index (χ4n) is 1.70. The molecule has 2 rings (SSSR count). The van der Waals surface area contributed by atoms with E-state index in [0.717, 1.165) is 22.8 Å². The van der Waals surface area contributed by atoms with Gasteiger partial charge in [-0.1, -0.05) is 37.3 Å². The lowest BCUT2D eigenvalue weighted by Gasteiger charge is -2.15. The average Bonchev–Trinajstić information content (AvgIpc) is 2.92. The van der Waals surface area contributed by atoms with E-state index in [-0.39, 0.29) is 5.97 Å². The van der Waals surface area contributed by atoms with Gasteiger partial charge in [-0.25, -0.2) is 9.78 Å². The lowest BCUT2D eigenvalue weighted by atomic mass is 10.1. The number of methoxy groups -OCH3 is 1. The Morgan fingerprint density at radius 1 is 1.42 bits per heavy atom. The summed E-state index contributed by atoms with van der Waals surface area (Å²) >= 11 is 1.50. The number of carbonyl (C=O) groups excluding carboxylic acids is 1. The van der Waals surface area contributed by atoms with Crippen LogP contribution in [-0.4, -0.2) is 18.1 Å². The highest BCUT2D eigenvalue weighted by Crippen LogP contribution is 2.23. The van der Waals surface area contributed by atoms with Crippen molar-refractivity contribution >= 4 is 22.4 Å². The molecule has 0 spiro atoms. The van der Waals surface area contributed by atoms with E-state index in [9.17, 15) is 4.79 Å². The molecule has 1 unspecified atom stereocenters. The maximum atomic E-state index is 11.9. The van der Waals surface area contributed by atoms with E-state index < -0.39 is 6.04 Å². The van der Waals surface area contributed by atoms with Crippen molar-refractivity contribution in [3.63, 3.8) is 0 Å². The van der Waals surface area contributed by atoms with Crippen LogP contribution in [-0.2, 0) is 16.0 Å². The molecule has 0 fully saturated rings. The summed E-state index contributed by atoms with van der Waals surface area (Å²) in [6.45, 7) is 2.05. The molecule has 0 saturated carbocycles. The first-order valence-electron chi connectivity index (χ1n) is 6.08. The molecule has 2 aromatic rings. The zero-order chi connectivity index (χ0) is 13.7. The third-order valence-corrected chi connectivity index (χ3v) is 3.57. The number of aromatic nitrogens is 1. The minimum Gasteiger partial charge on any atom is -0.467 e. The Morgan fingerprint density at radius 2 is 2.16 bits per heavy atom. The van der Waals surface area contributed by atoms with Crippen molar-refractivity contribution in [3.05, 3.63) is 47.0 Å². The Bertz CT molecular complexity index is 539. The Morgan fingerprint density at radius 3 is 2.74 bits per heavy atom. The molecule has 0 amide bonds. The lowest BCUT2D eigenvalue weighted by molar-refractivity contribution is -0.141. The molecule has 0 bridgehead atoms. The summed E-state index contributed by atoms with van der Waals surface area (Å²) < 4.78 is 4.85. The van der Waals surface area contributed by atoms with Crippen LogP contribution in [0.5, 0.6) is 0 Å². The summed E-state index contributed by atoms with van der Waals surface area (Å²) in [6, 6.07) is 8.96. The molecule has 1 aromatic carbocycles. The highest BCUT2D eigenvalue weighted by molar-refractivity contribution is 7.13. The van der Waals surface area contributed by atoms with E-state index in [1.807, 2.05) is 42.6 Å². The van der Waals surface area contributed by atoms with Gasteiger partial charge in [0.2, 0.25) is 0 Å². The highest BCUT2D eigenvalue weighted by Gasteiger charge is 2.22. The van der Waals surface area contributed by atoms with Gasteiger partial charge in [-0.2, -0.15) is 0 Å². The minimum absolute atomic E-state index is 0.320. The second-order valence-corrected chi connectivity index (χ2v) is 4.87. The molecule has 5 heteroatoms. The van der Waals surface area contributed by atoms with E-state index in [1.54, 1.807) is 0 Å². The molecule has 0 aliphatic carbocycles. The smallest absolute Gasteiger partial charge is 0.333 e. The van der Waals surface area contributed by atoms with Crippen LogP contribution in [0.2, 0.25) is 0 Å². The second-order valence-electron chi connectivity index (χ2n) is 4.01. The number of carbonyl (C=O) groups is 1. The highest BCUT2D eigenvalue weighted by atomic mass is 32.1. The third-order valence-electron chi connectivity index (χ3n) is 2.75. The van der Waals surface area contributed by atoms with E-state index >= 15 is 0 Å². The van der Waals surface area contributed by atoms with Crippen molar-refractivity contribution < 1.29 is 9.53 Å². The molecule has 0 radical (unpaired) electrons. The Balaban J connectivity index is 2.21. The van der Waals surface area contributed by atoms with Gasteiger partial charge in [-0.3, -0.25) is 0 Å². The SMILES string of the molecule is CCc1csc(NC(C(=O)OC)c2ccccc2)n1. The van der Waals surface area contributed by atoms with Crippen molar-refractivity contribution in [2.45, 2.75) is 19.4 Å². The number of benzene rings is 1. The molecule has 1 heterocycles. The molecular weight excluding hydrogens is 260 g/mol. The number of ether oxygens (including phenoxy) is 1. The van der Waals surface area contributed by atoms with E-state index in [4.69, 9.17) is 4.74 Å². The molecule has 1 N–H and O–H groups in total. The summed E-state index contributed by atoms with van der Waals surface area (Å²) in [4.78, 5) is 16.3.